The molecule has 0 aliphatic rings. The molecule has 0 aliphatic carbocycles. The van der Waals surface area contributed by atoms with Crippen molar-refractivity contribution >= 4 is 0 Å². The molecule has 0 radical (unpaired) electrons. The summed E-state index contributed by atoms with van der Waals surface area (Å²) in [6, 6.07) is 0. The summed E-state index contributed by atoms with van der Waals surface area (Å²) in [6.45, 7) is 5.67. The second-order valence-electron chi connectivity index (χ2n) is 2.23. The first-order valence-corrected chi connectivity index (χ1v) is 3.32. The molecule has 0 aromatic heterocycles. The van der Waals surface area contributed by atoms with Gasteiger partial charge in [-0.25, -0.2) is 0 Å². The Morgan fingerprint density at radius 3 is 2.67 bits per heavy atom. The minimum atomic E-state index is 0.336. The van der Waals surface area contributed by atoms with Crippen molar-refractivity contribution in [3.63, 3.8) is 0 Å². The summed E-state index contributed by atoms with van der Waals surface area (Å²) in [4.78, 5) is 0. The van der Waals surface area contributed by atoms with Gasteiger partial charge in [-0.15, -0.1) is 0 Å². The molecule has 0 saturated carbocycles. The smallest absolute Gasteiger partial charge is 0.0518 e. The maximum Gasteiger partial charge on any atom is 0.0518 e. The van der Waals surface area contributed by atoms with E-state index in [-0.39, 0.29) is 0 Å². The molecule has 0 saturated heterocycles. The number of hydrogen-bond acceptors (Lipinski definition) is 3. The summed E-state index contributed by atoms with van der Waals surface area (Å²) >= 11 is 0. The van der Waals surface area contributed by atoms with E-state index in [9.17, 15) is 0 Å². The summed E-state index contributed by atoms with van der Waals surface area (Å²) in [5, 5.41) is 0. The monoisotopic (exact) mass is 132 g/mol. The molecule has 0 heterocycles. The van der Waals surface area contributed by atoms with E-state index in [1.54, 1.807) is 0 Å². The Morgan fingerprint density at radius 2 is 2.22 bits per heavy atom. The number of nitrogens with one attached hydrogen (secondary N) is 1. The van der Waals surface area contributed by atoms with E-state index < -0.39 is 0 Å². The van der Waals surface area contributed by atoms with Crippen LogP contribution in [0.5, 0.6) is 0 Å². The number of hydrazine groups is 1. The van der Waals surface area contributed by atoms with Gasteiger partial charge < -0.3 is 4.74 Å². The quantitative estimate of drug-likeness (QED) is 0.320. The molecule has 0 amide bonds. The Bertz CT molecular complexity index is 57.0. The van der Waals surface area contributed by atoms with E-state index in [0.29, 0.717) is 6.10 Å². The lowest BCUT2D eigenvalue weighted by molar-refractivity contribution is 0.0771. The van der Waals surface area contributed by atoms with E-state index >= 15 is 0 Å². The zero-order valence-electron chi connectivity index (χ0n) is 6.18. The van der Waals surface area contributed by atoms with Crippen molar-refractivity contribution in [3.05, 3.63) is 0 Å². The van der Waals surface area contributed by atoms with Crippen LogP contribution in [0.3, 0.4) is 0 Å². The number of ether oxygens (including phenoxy) is 1. The molecule has 0 fully saturated rings. The van der Waals surface area contributed by atoms with E-state index in [0.717, 1.165) is 19.6 Å². The largest absolute Gasteiger partial charge is 0.379 e. The normalized spacial score (nSPS) is 10.7. The van der Waals surface area contributed by atoms with Gasteiger partial charge in [-0.2, -0.15) is 0 Å². The molecule has 0 aliphatic heterocycles. The van der Waals surface area contributed by atoms with E-state index in [2.05, 4.69) is 5.43 Å². The molecule has 3 nitrogen and oxygen atoms in total. The van der Waals surface area contributed by atoms with Gasteiger partial charge in [0.15, 0.2) is 0 Å². The summed E-state index contributed by atoms with van der Waals surface area (Å²) in [7, 11) is 0. The summed E-state index contributed by atoms with van der Waals surface area (Å²) in [5.41, 5.74) is 2.56. The van der Waals surface area contributed by atoms with Crippen molar-refractivity contribution in [2.75, 3.05) is 13.2 Å². The second-order valence-corrected chi connectivity index (χ2v) is 2.23. The molecular formula is C6H16N2O. The third kappa shape index (κ3) is 7.88. The van der Waals surface area contributed by atoms with Crippen LogP contribution in [0.2, 0.25) is 0 Å². The van der Waals surface area contributed by atoms with Crippen LogP contribution in [0.15, 0.2) is 0 Å². The zero-order chi connectivity index (χ0) is 7.11. The van der Waals surface area contributed by atoms with Crippen LogP contribution < -0.4 is 11.3 Å². The maximum atomic E-state index is 5.25. The highest BCUT2D eigenvalue weighted by molar-refractivity contribution is 4.40. The van der Waals surface area contributed by atoms with Gasteiger partial charge in [-0.05, 0) is 20.3 Å². The summed E-state index contributed by atoms with van der Waals surface area (Å²) in [5.74, 6) is 5.04. The van der Waals surface area contributed by atoms with Gasteiger partial charge in [-0.3, -0.25) is 11.3 Å². The van der Waals surface area contributed by atoms with Crippen LogP contribution in [-0.4, -0.2) is 19.3 Å². The van der Waals surface area contributed by atoms with Crippen LogP contribution in [-0.2, 0) is 4.74 Å². The molecule has 3 heteroatoms. The highest BCUT2D eigenvalue weighted by Gasteiger charge is 1.90. The van der Waals surface area contributed by atoms with E-state index in [1.807, 2.05) is 13.8 Å². The predicted octanol–water partition coefficient (Wildman–Crippen LogP) is 0.265. The zero-order valence-corrected chi connectivity index (χ0v) is 6.18. The van der Waals surface area contributed by atoms with Gasteiger partial charge in [-0.1, -0.05) is 0 Å². The minimum absolute atomic E-state index is 0.336. The van der Waals surface area contributed by atoms with Crippen molar-refractivity contribution in [1.82, 2.24) is 5.43 Å². The van der Waals surface area contributed by atoms with E-state index in [4.69, 9.17) is 10.6 Å². The highest BCUT2D eigenvalue weighted by Crippen LogP contribution is 1.88. The van der Waals surface area contributed by atoms with Crippen molar-refractivity contribution in [2.24, 2.45) is 5.84 Å². The van der Waals surface area contributed by atoms with Crippen LogP contribution in [0.4, 0.5) is 0 Å². The molecule has 0 unspecified atom stereocenters. The first kappa shape index (κ1) is 8.88. The van der Waals surface area contributed by atoms with Gasteiger partial charge in [0.25, 0.3) is 0 Å². The predicted molar refractivity (Wildman–Crippen MR) is 37.9 cm³/mol. The Balaban J connectivity index is 2.75. The lowest BCUT2D eigenvalue weighted by Gasteiger charge is -2.05. The molecule has 0 rings (SSSR count). The van der Waals surface area contributed by atoms with Gasteiger partial charge in [0.05, 0.1) is 6.10 Å². The molecule has 0 atom stereocenters. The topological polar surface area (TPSA) is 47.3 Å². The SMILES string of the molecule is CC(C)OCCCNN. The Hall–Kier alpha value is -0.120. The Kier molecular flexibility index (Phi) is 5.93. The average Bonchev–Trinajstić information content (AvgIpc) is 1.80. The first-order valence-electron chi connectivity index (χ1n) is 3.32. The highest BCUT2D eigenvalue weighted by atomic mass is 16.5. The van der Waals surface area contributed by atoms with Gasteiger partial charge in [0.1, 0.15) is 0 Å². The molecule has 0 aromatic rings. The molecular weight excluding hydrogens is 116 g/mol. The molecule has 0 bridgehead atoms. The fraction of sp³-hybridized carbons (Fsp3) is 1.00. The maximum absolute atomic E-state index is 5.25. The third-order valence-corrected chi connectivity index (χ3v) is 0.917. The van der Waals surface area contributed by atoms with Gasteiger partial charge in [0.2, 0.25) is 0 Å². The third-order valence-electron chi connectivity index (χ3n) is 0.917. The Morgan fingerprint density at radius 1 is 1.56 bits per heavy atom. The van der Waals surface area contributed by atoms with Gasteiger partial charge >= 0.3 is 0 Å². The lowest BCUT2D eigenvalue weighted by Crippen LogP contribution is -2.24. The van der Waals surface area contributed by atoms with Gasteiger partial charge in [0, 0.05) is 13.2 Å². The number of hydrogen-bond donors (Lipinski definition) is 2. The molecule has 9 heavy (non-hydrogen) atoms. The second kappa shape index (κ2) is 6.01. The lowest BCUT2D eigenvalue weighted by atomic mass is 10.4. The molecule has 0 spiro atoms. The van der Waals surface area contributed by atoms with Crippen molar-refractivity contribution in [1.29, 1.82) is 0 Å². The molecule has 3 N–H and O–H groups in total. The average molecular weight is 132 g/mol. The fourth-order valence-electron chi connectivity index (χ4n) is 0.493. The van der Waals surface area contributed by atoms with E-state index in [1.165, 1.54) is 0 Å². The number of nitrogens with two attached hydrogens (primary N) is 1. The molecule has 56 valence electrons. The van der Waals surface area contributed by atoms with Crippen LogP contribution in [0.1, 0.15) is 20.3 Å². The van der Waals surface area contributed by atoms with Crippen molar-refractivity contribution in [3.8, 4) is 0 Å². The fourth-order valence-corrected chi connectivity index (χ4v) is 0.493. The van der Waals surface area contributed by atoms with Crippen molar-refractivity contribution < 1.29 is 4.74 Å². The standard InChI is InChI=1S/C6H16N2O/c1-6(2)9-5-3-4-8-7/h6,8H,3-5,7H2,1-2H3. The van der Waals surface area contributed by atoms with Crippen molar-refractivity contribution in [2.45, 2.75) is 26.4 Å². The minimum Gasteiger partial charge on any atom is -0.379 e. The van der Waals surface area contributed by atoms with Crippen LogP contribution in [0, 0.1) is 0 Å². The summed E-state index contributed by atoms with van der Waals surface area (Å²) < 4.78 is 5.25. The summed E-state index contributed by atoms with van der Waals surface area (Å²) in [6.07, 6.45) is 1.32. The van der Waals surface area contributed by atoms with Crippen LogP contribution in [0.25, 0.3) is 0 Å². The number of rotatable bonds is 5. The first-order chi connectivity index (χ1) is 4.27. The Labute approximate surface area is 56.5 Å². The molecule has 0 aromatic carbocycles. The van der Waals surface area contributed by atoms with Crippen LogP contribution >= 0.6 is 0 Å².